The van der Waals surface area contributed by atoms with E-state index in [-0.39, 0.29) is 11.2 Å². The SMILES string of the molecule is O=C(NCc1cccs1)c1cc2cc(-c3ccccc3)cc(C(F)(F)F)n2n1. The van der Waals surface area contributed by atoms with Gasteiger partial charge in [0.15, 0.2) is 5.69 Å². The smallest absolute Gasteiger partial charge is 0.346 e. The number of hydrogen-bond donors (Lipinski definition) is 1. The van der Waals surface area contributed by atoms with Crippen molar-refractivity contribution < 1.29 is 18.0 Å². The number of aromatic nitrogens is 2. The van der Waals surface area contributed by atoms with E-state index in [9.17, 15) is 18.0 Å². The van der Waals surface area contributed by atoms with Crippen LogP contribution in [0.15, 0.2) is 66.0 Å². The molecule has 0 aliphatic heterocycles. The molecule has 4 nitrogen and oxygen atoms in total. The number of fused-ring (bicyclic) bond motifs is 1. The minimum atomic E-state index is -4.61. The van der Waals surface area contributed by atoms with Crippen LogP contribution in [0.3, 0.4) is 0 Å². The van der Waals surface area contributed by atoms with Crippen molar-refractivity contribution in [3.05, 3.63) is 82.3 Å². The Morgan fingerprint density at radius 3 is 2.50 bits per heavy atom. The highest BCUT2D eigenvalue weighted by atomic mass is 32.1. The van der Waals surface area contributed by atoms with Gasteiger partial charge in [-0.2, -0.15) is 18.3 Å². The summed E-state index contributed by atoms with van der Waals surface area (Å²) in [6.45, 7) is 0.297. The summed E-state index contributed by atoms with van der Waals surface area (Å²) in [6.07, 6.45) is -4.61. The van der Waals surface area contributed by atoms with Crippen LogP contribution in [0, 0.1) is 0 Å². The Labute approximate surface area is 162 Å². The lowest BCUT2D eigenvalue weighted by molar-refractivity contribution is -0.142. The number of thiophene rings is 1. The van der Waals surface area contributed by atoms with Crippen molar-refractivity contribution in [2.24, 2.45) is 0 Å². The minimum absolute atomic E-state index is 0.0627. The number of pyridine rings is 1. The van der Waals surface area contributed by atoms with Crippen LogP contribution in [0.2, 0.25) is 0 Å². The number of hydrogen-bond acceptors (Lipinski definition) is 3. The van der Waals surface area contributed by atoms with Gasteiger partial charge in [0, 0.05) is 4.88 Å². The highest BCUT2D eigenvalue weighted by Crippen LogP contribution is 2.33. The maximum Gasteiger partial charge on any atom is 0.433 e. The summed E-state index contributed by atoms with van der Waals surface area (Å²) in [7, 11) is 0. The summed E-state index contributed by atoms with van der Waals surface area (Å²) in [5, 5.41) is 8.47. The number of rotatable bonds is 4. The molecule has 4 rings (SSSR count). The number of halogens is 3. The largest absolute Gasteiger partial charge is 0.433 e. The van der Waals surface area contributed by atoms with E-state index in [0.717, 1.165) is 15.5 Å². The molecule has 8 heteroatoms. The first-order valence-corrected chi connectivity index (χ1v) is 9.27. The Morgan fingerprint density at radius 1 is 1.04 bits per heavy atom. The van der Waals surface area contributed by atoms with Gasteiger partial charge in [-0.1, -0.05) is 36.4 Å². The summed E-state index contributed by atoms with van der Waals surface area (Å²) in [6, 6.07) is 16.5. The first-order chi connectivity index (χ1) is 13.4. The molecule has 1 aromatic carbocycles. The van der Waals surface area contributed by atoms with Crippen molar-refractivity contribution in [3.63, 3.8) is 0 Å². The fourth-order valence-electron chi connectivity index (χ4n) is 2.88. The highest BCUT2D eigenvalue weighted by Gasteiger charge is 2.35. The van der Waals surface area contributed by atoms with E-state index in [2.05, 4.69) is 10.4 Å². The third-order valence-corrected chi connectivity index (χ3v) is 5.07. The van der Waals surface area contributed by atoms with Crippen molar-refractivity contribution in [1.82, 2.24) is 14.9 Å². The van der Waals surface area contributed by atoms with Crippen LogP contribution in [0.4, 0.5) is 13.2 Å². The van der Waals surface area contributed by atoms with Gasteiger partial charge in [0.25, 0.3) is 5.91 Å². The molecule has 0 bridgehead atoms. The third-order valence-electron chi connectivity index (χ3n) is 4.19. The molecule has 0 aliphatic carbocycles. The van der Waals surface area contributed by atoms with Gasteiger partial charge in [-0.25, -0.2) is 4.52 Å². The van der Waals surface area contributed by atoms with Gasteiger partial charge in [0.1, 0.15) is 5.69 Å². The molecule has 1 N–H and O–H groups in total. The van der Waals surface area contributed by atoms with Crippen LogP contribution in [0.25, 0.3) is 16.6 Å². The summed E-state index contributed by atoms with van der Waals surface area (Å²) < 4.78 is 41.6. The van der Waals surface area contributed by atoms with Crippen LogP contribution in [-0.2, 0) is 12.7 Å². The molecule has 3 heterocycles. The molecule has 0 atom stereocenters. The molecule has 0 radical (unpaired) electrons. The first-order valence-electron chi connectivity index (χ1n) is 8.39. The zero-order chi connectivity index (χ0) is 19.7. The Hall–Kier alpha value is -3.13. The molecule has 28 heavy (non-hydrogen) atoms. The van der Waals surface area contributed by atoms with Crippen LogP contribution < -0.4 is 5.32 Å². The highest BCUT2D eigenvalue weighted by molar-refractivity contribution is 7.09. The molecule has 142 valence electrons. The molecule has 3 aromatic heterocycles. The van der Waals surface area contributed by atoms with Crippen LogP contribution >= 0.6 is 11.3 Å². The molecule has 1 amide bonds. The number of carbonyl (C=O) groups excluding carboxylic acids is 1. The van der Waals surface area contributed by atoms with Crippen LogP contribution in [0.1, 0.15) is 21.1 Å². The van der Waals surface area contributed by atoms with Gasteiger partial charge in [-0.15, -0.1) is 11.3 Å². The Balaban J connectivity index is 1.74. The number of carbonyl (C=O) groups is 1. The maximum absolute atomic E-state index is 13.6. The third kappa shape index (κ3) is 3.63. The summed E-state index contributed by atoms with van der Waals surface area (Å²) in [5.74, 6) is -0.522. The number of nitrogens with zero attached hydrogens (tertiary/aromatic N) is 2. The molecule has 4 aromatic rings. The lowest BCUT2D eigenvalue weighted by Crippen LogP contribution is -2.23. The lowest BCUT2D eigenvalue weighted by Gasteiger charge is -2.11. The molecule has 0 saturated carbocycles. The van der Waals surface area contributed by atoms with E-state index < -0.39 is 17.8 Å². The Morgan fingerprint density at radius 2 is 1.82 bits per heavy atom. The van der Waals surface area contributed by atoms with E-state index in [1.54, 1.807) is 36.4 Å². The Bertz CT molecular complexity index is 1120. The van der Waals surface area contributed by atoms with Crippen molar-refractivity contribution in [2.45, 2.75) is 12.7 Å². The summed E-state index contributed by atoms with van der Waals surface area (Å²) in [4.78, 5) is 13.3. The number of nitrogens with one attached hydrogen (secondary N) is 1. The van der Waals surface area contributed by atoms with Crippen molar-refractivity contribution >= 4 is 22.8 Å². The average molecular weight is 401 g/mol. The minimum Gasteiger partial charge on any atom is -0.346 e. The lowest BCUT2D eigenvalue weighted by atomic mass is 10.1. The molecule has 0 saturated heterocycles. The van der Waals surface area contributed by atoms with Crippen LogP contribution in [0.5, 0.6) is 0 Å². The second-order valence-corrected chi connectivity index (χ2v) is 7.15. The van der Waals surface area contributed by atoms with Crippen molar-refractivity contribution in [1.29, 1.82) is 0 Å². The molecule has 0 spiro atoms. The van der Waals surface area contributed by atoms with E-state index >= 15 is 0 Å². The molecular formula is C20H14F3N3OS. The maximum atomic E-state index is 13.6. The molecule has 0 fully saturated rings. The topological polar surface area (TPSA) is 46.4 Å². The monoisotopic (exact) mass is 401 g/mol. The first kappa shape index (κ1) is 18.2. The van der Waals surface area contributed by atoms with E-state index in [1.807, 2.05) is 17.5 Å². The number of amides is 1. The quantitative estimate of drug-likeness (QED) is 0.522. The zero-order valence-corrected chi connectivity index (χ0v) is 15.2. The average Bonchev–Trinajstić information content (AvgIpc) is 3.34. The Kier molecular flexibility index (Phi) is 4.64. The molecule has 0 aliphatic rings. The number of alkyl halides is 3. The van der Waals surface area contributed by atoms with Crippen molar-refractivity contribution in [3.8, 4) is 11.1 Å². The van der Waals surface area contributed by atoms with Gasteiger partial charge in [0.2, 0.25) is 0 Å². The summed E-state index contributed by atoms with van der Waals surface area (Å²) >= 11 is 1.48. The van der Waals surface area contributed by atoms with Gasteiger partial charge in [-0.05, 0) is 40.8 Å². The predicted molar refractivity (Wildman–Crippen MR) is 101 cm³/mol. The van der Waals surface area contributed by atoms with E-state index in [1.165, 1.54) is 17.4 Å². The fraction of sp³-hybridized carbons (Fsp3) is 0.100. The van der Waals surface area contributed by atoms with Gasteiger partial charge >= 0.3 is 6.18 Å². The molecule has 0 unspecified atom stereocenters. The van der Waals surface area contributed by atoms with E-state index in [4.69, 9.17) is 0 Å². The predicted octanol–water partition coefficient (Wildman–Crippen LogP) is 5.01. The summed E-state index contributed by atoms with van der Waals surface area (Å²) in [5.41, 5.74) is 0.273. The second-order valence-electron chi connectivity index (χ2n) is 6.12. The second kappa shape index (κ2) is 7.12. The van der Waals surface area contributed by atoms with Crippen molar-refractivity contribution in [2.75, 3.05) is 0 Å². The molecular weight excluding hydrogens is 387 g/mol. The van der Waals surface area contributed by atoms with Gasteiger partial charge in [-0.3, -0.25) is 4.79 Å². The van der Waals surface area contributed by atoms with E-state index in [0.29, 0.717) is 17.7 Å². The van der Waals surface area contributed by atoms with Crippen LogP contribution in [-0.4, -0.2) is 15.5 Å². The zero-order valence-electron chi connectivity index (χ0n) is 14.4. The standard InChI is InChI=1S/C20H14F3N3OS/c21-20(22,23)18-10-14(13-5-2-1-3-6-13)9-15-11-17(25-26(15)18)19(27)24-12-16-7-4-8-28-16/h1-11H,12H2,(H,24,27). The normalized spacial score (nSPS) is 11.7. The van der Waals surface area contributed by atoms with Gasteiger partial charge in [0.05, 0.1) is 12.1 Å². The van der Waals surface area contributed by atoms with Gasteiger partial charge < -0.3 is 5.32 Å². The fourth-order valence-corrected chi connectivity index (χ4v) is 3.53. The number of benzene rings is 1.